The van der Waals surface area contributed by atoms with Gasteiger partial charge in [-0.2, -0.15) is 5.10 Å². The zero-order valence-electron chi connectivity index (χ0n) is 19.5. The molecule has 0 aromatic heterocycles. The first-order chi connectivity index (χ1) is 16.8. The Balaban J connectivity index is 1.55. The highest BCUT2D eigenvalue weighted by Crippen LogP contribution is 2.42. The summed E-state index contributed by atoms with van der Waals surface area (Å²) in [6, 6.07) is 22.7. The Morgan fingerprint density at radius 1 is 0.912 bits per heavy atom. The maximum Gasteiger partial charge on any atom is 0.133 e. The molecule has 5 nitrogen and oxygen atoms in total. The van der Waals surface area contributed by atoms with E-state index in [-0.39, 0.29) is 0 Å². The fourth-order valence-electron chi connectivity index (χ4n) is 4.94. The van der Waals surface area contributed by atoms with Crippen LogP contribution in [0.1, 0.15) is 29.5 Å². The van der Waals surface area contributed by atoms with Gasteiger partial charge in [-0.1, -0.05) is 43.0 Å². The zero-order valence-corrected chi connectivity index (χ0v) is 19.5. The number of nitrogens with zero attached hydrogens (tertiary/aromatic N) is 3. The molecule has 0 N–H and O–H groups in total. The highest BCUT2D eigenvalue weighted by atomic mass is 16.5. The van der Waals surface area contributed by atoms with Gasteiger partial charge >= 0.3 is 0 Å². The Hall–Kier alpha value is -3.73. The van der Waals surface area contributed by atoms with Crippen molar-refractivity contribution in [2.45, 2.75) is 25.7 Å². The van der Waals surface area contributed by atoms with Crippen molar-refractivity contribution in [1.29, 1.82) is 0 Å². The van der Waals surface area contributed by atoms with Gasteiger partial charge in [0.1, 0.15) is 19.0 Å². The number of benzene rings is 3. The summed E-state index contributed by atoms with van der Waals surface area (Å²) in [6.07, 6.45) is 7.87. The summed E-state index contributed by atoms with van der Waals surface area (Å²) in [5, 5.41) is 6.94. The Bertz CT molecular complexity index is 1100. The first kappa shape index (κ1) is 22.1. The molecule has 0 fully saturated rings. The predicted octanol–water partition coefficient (Wildman–Crippen LogP) is 6.10. The number of anilines is 3. The largest absolute Gasteiger partial charge is 0.498 e. The molecule has 5 rings (SSSR count). The number of para-hydroxylation sites is 2. The van der Waals surface area contributed by atoms with Gasteiger partial charge in [0.05, 0.1) is 23.9 Å². The van der Waals surface area contributed by atoms with Crippen molar-refractivity contribution in [2.75, 3.05) is 36.2 Å². The average molecular weight is 454 g/mol. The first-order valence-corrected chi connectivity index (χ1v) is 12.1. The molecule has 0 radical (unpaired) electrons. The monoisotopic (exact) mass is 453 g/mol. The lowest BCUT2D eigenvalue weighted by Gasteiger charge is -2.38. The number of rotatable bonds is 9. The van der Waals surface area contributed by atoms with Crippen LogP contribution in [-0.4, -0.2) is 32.5 Å². The molecule has 0 unspecified atom stereocenters. The van der Waals surface area contributed by atoms with E-state index in [4.69, 9.17) is 14.6 Å². The van der Waals surface area contributed by atoms with Gasteiger partial charge in [0.25, 0.3) is 0 Å². The molecule has 2 heterocycles. The molecule has 0 saturated heterocycles. The summed E-state index contributed by atoms with van der Waals surface area (Å²) in [4.78, 5) is 2.53. The van der Waals surface area contributed by atoms with E-state index in [2.05, 4.69) is 41.8 Å². The van der Waals surface area contributed by atoms with Gasteiger partial charge < -0.3 is 14.4 Å². The predicted molar refractivity (Wildman–Crippen MR) is 140 cm³/mol. The molecule has 0 bridgehead atoms. The quantitative estimate of drug-likeness (QED) is 0.170. The Morgan fingerprint density at radius 3 is 2.26 bits per heavy atom. The molecular formula is C29H31N3O2. The van der Waals surface area contributed by atoms with Gasteiger partial charge in [0.2, 0.25) is 0 Å². The van der Waals surface area contributed by atoms with Crippen molar-refractivity contribution in [3.8, 4) is 5.75 Å². The average Bonchev–Trinajstić information content (AvgIpc) is 2.89. The topological polar surface area (TPSA) is 37.3 Å². The smallest absolute Gasteiger partial charge is 0.133 e. The van der Waals surface area contributed by atoms with Crippen LogP contribution in [-0.2, 0) is 17.6 Å². The van der Waals surface area contributed by atoms with Crippen LogP contribution in [0.5, 0.6) is 5.75 Å². The Kier molecular flexibility index (Phi) is 6.80. The van der Waals surface area contributed by atoms with E-state index in [1.807, 2.05) is 47.6 Å². The molecular weight excluding hydrogens is 422 g/mol. The van der Waals surface area contributed by atoms with Crippen molar-refractivity contribution in [3.63, 3.8) is 0 Å². The molecule has 0 spiro atoms. The fourth-order valence-corrected chi connectivity index (χ4v) is 4.94. The van der Waals surface area contributed by atoms with Crippen molar-refractivity contribution in [1.82, 2.24) is 0 Å². The molecule has 0 aliphatic carbocycles. The van der Waals surface area contributed by atoms with Gasteiger partial charge in [-0.3, -0.25) is 0 Å². The van der Waals surface area contributed by atoms with Crippen LogP contribution in [0.2, 0.25) is 0 Å². The van der Waals surface area contributed by atoms with E-state index in [0.717, 1.165) is 55.0 Å². The minimum atomic E-state index is 0.472. The van der Waals surface area contributed by atoms with E-state index >= 15 is 0 Å². The Morgan fingerprint density at radius 2 is 1.59 bits per heavy atom. The van der Waals surface area contributed by atoms with Crippen molar-refractivity contribution in [2.24, 2.45) is 5.10 Å². The molecule has 2 aliphatic heterocycles. The van der Waals surface area contributed by atoms with E-state index in [1.54, 1.807) is 0 Å². The lowest BCUT2D eigenvalue weighted by atomic mass is 9.89. The van der Waals surface area contributed by atoms with Crippen LogP contribution in [0.15, 0.2) is 84.7 Å². The molecule has 0 atom stereocenters. The lowest BCUT2D eigenvalue weighted by molar-refractivity contribution is 0.178. The van der Waals surface area contributed by atoms with Crippen LogP contribution in [0.3, 0.4) is 0 Å². The van der Waals surface area contributed by atoms with Gasteiger partial charge in [-0.15, -0.1) is 0 Å². The van der Waals surface area contributed by atoms with Crippen LogP contribution in [0, 0.1) is 0 Å². The highest BCUT2D eigenvalue weighted by Gasteiger charge is 2.28. The normalized spacial score (nSPS) is 14.5. The van der Waals surface area contributed by atoms with Crippen LogP contribution in [0.25, 0.3) is 0 Å². The highest BCUT2D eigenvalue weighted by molar-refractivity contribution is 5.89. The number of ether oxygens (including phenoxy) is 2. The van der Waals surface area contributed by atoms with Crippen molar-refractivity contribution >= 4 is 23.3 Å². The van der Waals surface area contributed by atoms with Crippen LogP contribution >= 0.6 is 0 Å². The van der Waals surface area contributed by atoms with Gasteiger partial charge in [-0.25, -0.2) is 5.01 Å². The summed E-state index contributed by atoms with van der Waals surface area (Å²) < 4.78 is 11.7. The minimum absolute atomic E-state index is 0.472. The molecule has 174 valence electrons. The van der Waals surface area contributed by atoms with E-state index < -0.39 is 0 Å². The van der Waals surface area contributed by atoms with E-state index in [1.165, 1.54) is 29.5 Å². The molecule has 0 amide bonds. The second-order valence-electron chi connectivity index (χ2n) is 8.59. The molecule has 3 aromatic rings. The SMILES string of the molecule is C=COCCOc1c(C=NN(c2ccccc2)c2ccccc2)cc2c3c1CCCN3CCC2. The third-order valence-electron chi connectivity index (χ3n) is 6.38. The van der Waals surface area contributed by atoms with Gasteiger partial charge in [-0.05, 0) is 61.6 Å². The second kappa shape index (κ2) is 10.5. The summed E-state index contributed by atoms with van der Waals surface area (Å²) in [5.41, 5.74) is 7.15. The van der Waals surface area contributed by atoms with Crippen molar-refractivity contribution < 1.29 is 9.47 Å². The first-order valence-electron chi connectivity index (χ1n) is 12.1. The maximum absolute atomic E-state index is 6.34. The van der Waals surface area contributed by atoms with Crippen molar-refractivity contribution in [3.05, 3.63) is 96.3 Å². The molecule has 34 heavy (non-hydrogen) atoms. The second-order valence-corrected chi connectivity index (χ2v) is 8.59. The molecule has 2 aliphatic rings. The third-order valence-corrected chi connectivity index (χ3v) is 6.38. The summed E-state index contributed by atoms with van der Waals surface area (Å²) in [6.45, 7) is 6.83. The third kappa shape index (κ3) is 4.65. The zero-order chi connectivity index (χ0) is 23.2. The van der Waals surface area contributed by atoms with Crippen LogP contribution < -0.4 is 14.6 Å². The van der Waals surface area contributed by atoms with Gasteiger partial charge in [0, 0.05) is 29.9 Å². The summed E-state index contributed by atoms with van der Waals surface area (Å²) >= 11 is 0. The van der Waals surface area contributed by atoms with Gasteiger partial charge in [0.15, 0.2) is 0 Å². The summed E-state index contributed by atoms with van der Waals surface area (Å²) in [7, 11) is 0. The fraction of sp³-hybridized carbons (Fsp3) is 0.276. The van der Waals surface area contributed by atoms with E-state index in [0.29, 0.717) is 13.2 Å². The Labute approximate surface area is 201 Å². The standard InChI is InChI=1S/C29H31N3O2/c1-2-33-19-20-34-29-24(21-23-11-9-17-31-18-10-16-27(29)28(23)31)22-30-32(25-12-5-3-6-13-25)26-14-7-4-8-15-26/h2-8,12-15,21-22H,1,9-11,16-20H2. The molecule has 3 aromatic carbocycles. The number of hydrazone groups is 1. The maximum atomic E-state index is 6.34. The molecule has 0 saturated carbocycles. The number of aryl methyl sites for hydroxylation is 1. The number of hydrogen-bond donors (Lipinski definition) is 0. The van der Waals surface area contributed by atoms with Crippen LogP contribution in [0.4, 0.5) is 17.1 Å². The minimum Gasteiger partial charge on any atom is -0.498 e. The molecule has 5 heteroatoms. The number of hydrogen-bond acceptors (Lipinski definition) is 5. The summed E-state index contributed by atoms with van der Waals surface area (Å²) in [5.74, 6) is 0.933. The lowest BCUT2D eigenvalue weighted by Crippen LogP contribution is -2.35. The van der Waals surface area contributed by atoms with E-state index in [9.17, 15) is 0 Å².